The number of amides is 1. The first-order valence-electron chi connectivity index (χ1n) is 3.97. The van der Waals surface area contributed by atoms with Gasteiger partial charge in [0.2, 0.25) is 0 Å². The van der Waals surface area contributed by atoms with Gasteiger partial charge in [0.15, 0.2) is 0 Å². The van der Waals surface area contributed by atoms with E-state index in [2.05, 4.69) is 5.32 Å². The summed E-state index contributed by atoms with van der Waals surface area (Å²) < 4.78 is 4.85. The summed E-state index contributed by atoms with van der Waals surface area (Å²) in [6.07, 6.45) is 0.199. The molecule has 0 aliphatic rings. The number of nitrogens with one attached hydrogen (secondary N) is 1. The largest absolute Gasteiger partial charge is 0.449 e. The Morgan fingerprint density at radius 1 is 1.58 bits per heavy atom. The monoisotopic (exact) mass is 175 g/mol. The van der Waals surface area contributed by atoms with Crippen LogP contribution in [0, 0.1) is 5.41 Å². The van der Waals surface area contributed by atoms with Gasteiger partial charge in [0.25, 0.3) is 0 Å². The number of aliphatic hydroxyl groups excluding tert-OH is 1. The van der Waals surface area contributed by atoms with Crippen LogP contribution in [0.2, 0.25) is 0 Å². The zero-order valence-electron chi connectivity index (χ0n) is 7.89. The van der Waals surface area contributed by atoms with Crippen LogP contribution >= 0.6 is 0 Å². The highest BCUT2D eigenvalue weighted by molar-refractivity contribution is 5.66. The summed E-state index contributed by atoms with van der Waals surface area (Å²) in [4.78, 5) is 10.7. The fourth-order valence-corrected chi connectivity index (χ4v) is 0.708. The maximum absolute atomic E-state index is 10.7. The number of carbonyl (C=O) groups is 1. The molecule has 0 aromatic rings. The Kier molecular flexibility index (Phi) is 4.66. The number of hydrogen-bond acceptors (Lipinski definition) is 3. The number of rotatable bonds is 4. The van der Waals surface area contributed by atoms with Gasteiger partial charge in [0.1, 0.15) is 0 Å². The number of aliphatic hydroxyl groups is 1. The van der Waals surface area contributed by atoms with Crippen molar-refractivity contribution >= 4 is 6.09 Å². The fraction of sp³-hybridized carbons (Fsp3) is 0.875. The van der Waals surface area contributed by atoms with Crippen LogP contribution in [-0.4, -0.2) is 31.5 Å². The molecular weight excluding hydrogens is 158 g/mol. The molecule has 0 aliphatic heterocycles. The van der Waals surface area contributed by atoms with Crippen molar-refractivity contribution < 1.29 is 14.6 Å². The molecule has 0 saturated heterocycles. The quantitative estimate of drug-likeness (QED) is 0.663. The van der Waals surface area contributed by atoms with Gasteiger partial charge in [-0.05, 0) is 6.42 Å². The first-order chi connectivity index (χ1) is 5.52. The van der Waals surface area contributed by atoms with E-state index in [4.69, 9.17) is 9.84 Å². The van der Waals surface area contributed by atoms with Crippen molar-refractivity contribution in [3.05, 3.63) is 0 Å². The molecular formula is C8H17NO3. The second-order valence-corrected chi connectivity index (χ2v) is 3.46. The number of alkyl carbamates (subject to hydrolysis) is 1. The van der Waals surface area contributed by atoms with Crippen LogP contribution in [0.1, 0.15) is 20.3 Å². The molecule has 0 aliphatic carbocycles. The molecule has 2 N–H and O–H groups in total. The molecule has 1 amide bonds. The number of ether oxygens (including phenoxy) is 1. The Balaban J connectivity index is 3.67. The molecule has 12 heavy (non-hydrogen) atoms. The zero-order chi connectivity index (χ0) is 9.61. The van der Waals surface area contributed by atoms with Gasteiger partial charge in [-0.25, -0.2) is 4.79 Å². The lowest BCUT2D eigenvalue weighted by Crippen LogP contribution is -2.27. The summed E-state index contributed by atoms with van der Waals surface area (Å²) in [6.45, 7) is 4.32. The van der Waals surface area contributed by atoms with E-state index in [0.717, 1.165) is 0 Å². The minimum absolute atomic E-state index is 0.115. The molecule has 0 radical (unpaired) electrons. The molecule has 0 rings (SSSR count). The van der Waals surface area contributed by atoms with Crippen LogP contribution in [0.25, 0.3) is 0 Å². The van der Waals surface area contributed by atoms with Gasteiger partial charge in [-0.15, -0.1) is 0 Å². The lowest BCUT2D eigenvalue weighted by atomic mass is 9.91. The Morgan fingerprint density at radius 2 is 2.17 bits per heavy atom. The van der Waals surface area contributed by atoms with Crippen molar-refractivity contribution in [1.29, 1.82) is 0 Å². The molecule has 72 valence electrons. The van der Waals surface area contributed by atoms with Gasteiger partial charge in [-0.2, -0.15) is 0 Å². The van der Waals surface area contributed by atoms with Crippen LogP contribution in [0.3, 0.4) is 0 Å². The smallest absolute Gasteiger partial charge is 0.406 e. The average Bonchev–Trinajstić information content (AvgIpc) is 2.00. The summed E-state index contributed by atoms with van der Waals surface area (Å²) in [5.74, 6) is 0. The van der Waals surface area contributed by atoms with Gasteiger partial charge in [-0.3, -0.25) is 0 Å². The van der Waals surface area contributed by atoms with E-state index in [1.54, 1.807) is 0 Å². The first kappa shape index (κ1) is 11.2. The first-order valence-corrected chi connectivity index (χ1v) is 3.97. The van der Waals surface area contributed by atoms with Crippen LogP contribution in [0.15, 0.2) is 0 Å². The van der Waals surface area contributed by atoms with Gasteiger partial charge in [-0.1, -0.05) is 13.8 Å². The van der Waals surface area contributed by atoms with E-state index in [1.807, 2.05) is 13.8 Å². The Bertz CT molecular complexity index is 145. The summed E-state index contributed by atoms with van der Waals surface area (Å²) >= 11 is 0. The molecule has 0 unspecified atom stereocenters. The van der Waals surface area contributed by atoms with Crippen molar-refractivity contribution in [2.75, 3.05) is 20.3 Å². The standard InChI is InChI=1S/C8H17NO3/c1-8(2,4-5-10)6-12-7(11)9-3/h10H,4-6H2,1-3H3,(H,9,11). The predicted molar refractivity (Wildman–Crippen MR) is 45.9 cm³/mol. The fourth-order valence-electron chi connectivity index (χ4n) is 0.708. The van der Waals surface area contributed by atoms with E-state index in [-0.39, 0.29) is 12.0 Å². The van der Waals surface area contributed by atoms with E-state index in [0.29, 0.717) is 13.0 Å². The van der Waals surface area contributed by atoms with Crippen molar-refractivity contribution in [2.45, 2.75) is 20.3 Å². The second kappa shape index (κ2) is 4.98. The maximum atomic E-state index is 10.7. The normalized spacial score (nSPS) is 11.0. The van der Waals surface area contributed by atoms with E-state index < -0.39 is 6.09 Å². The number of hydrogen-bond donors (Lipinski definition) is 2. The van der Waals surface area contributed by atoms with Crippen LogP contribution < -0.4 is 5.32 Å². The Labute approximate surface area is 72.9 Å². The summed E-state index contributed by atoms with van der Waals surface area (Å²) in [6, 6.07) is 0. The van der Waals surface area contributed by atoms with Crippen molar-refractivity contribution in [1.82, 2.24) is 5.32 Å². The predicted octanol–water partition coefficient (Wildman–Crippen LogP) is 0.751. The highest BCUT2D eigenvalue weighted by Crippen LogP contribution is 2.19. The van der Waals surface area contributed by atoms with Gasteiger partial charge in [0, 0.05) is 19.1 Å². The van der Waals surface area contributed by atoms with Crippen LogP contribution in [0.5, 0.6) is 0 Å². The molecule has 0 fully saturated rings. The number of carbonyl (C=O) groups excluding carboxylic acids is 1. The molecule has 4 nitrogen and oxygen atoms in total. The van der Waals surface area contributed by atoms with Gasteiger partial charge >= 0.3 is 6.09 Å². The molecule has 0 aromatic carbocycles. The highest BCUT2D eigenvalue weighted by atomic mass is 16.5. The Hall–Kier alpha value is -0.770. The van der Waals surface area contributed by atoms with Gasteiger partial charge in [0.05, 0.1) is 6.61 Å². The van der Waals surface area contributed by atoms with E-state index >= 15 is 0 Å². The molecule has 0 bridgehead atoms. The molecule has 0 aromatic heterocycles. The SMILES string of the molecule is CNC(=O)OCC(C)(C)CCO. The van der Waals surface area contributed by atoms with Crippen molar-refractivity contribution in [3.8, 4) is 0 Å². The minimum atomic E-state index is -0.430. The summed E-state index contributed by atoms with van der Waals surface area (Å²) in [7, 11) is 1.52. The Morgan fingerprint density at radius 3 is 2.58 bits per heavy atom. The van der Waals surface area contributed by atoms with E-state index in [1.165, 1.54) is 7.05 Å². The van der Waals surface area contributed by atoms with Crippen LogP contribution in [0.4, 0.5) is 4.79 Å². The molecule has 0 heterocycles. The third-order valence-corrected chi connectivity index (χ3v) is 1.59. The summed E-state index contributed by atoms with van der Waals surface area (Å²) in [5, 5.41) is 11.0. The summed E-state index contributed by atoms with van der Waals surface area (Å²) in [5.41, 5.74) is -0.152. The molecule has 0 saturated carbocycles. The lowest BCUT2D eigenvalue weighted by Gasteiger charge is -2.22. The highest BCUT2D eigenvalue weighted by Gasteiger charge is 2.18. The average molecular weight is 175 g/mol. The van der Waals surface area contributed by atoms with Gasteiger partial charge < -0.3 is 15.2 Å². The third kappa shape index (κ3) is 4.96. The minimum Gasteiger partial charge on any atom is -0.449 e. The topological polar surface area (TPSA) is 58.6 Å². The maximum Gasteiger partial charge on any atom is 0.406 e. The van der Waals surface area contributed by atoms with Crippen molar-refractivity contribution in [3.63, 3.8) is 0 Å². The van der Waals surface area contributed by atoms with Crippen molar-refractivity contribution in [2.24, 2.45) is 5.41 Å². The lowest BCUT2D eigenvalue weighted by molar-refractivity contribution is 0.0843. The van der Waals surface area contributed by atoms with Crippen LogP contribution in [-0.2, 0) is 4.74 Å². The van der Waals surface area contributed by atoms with E-state index in [9.17, 15) is 4.79 Å². The zero-order valence-corrected chi connectivity index (χ0v) is 7.89. The third-order valence-electron chi connectivity index (χ3n) is 1.59. The molecule has 0 atom stereocenters. The molecule has 4 heteroatoms. The second-order valence-electron chi connectivity index (χ2n) is 3.46. The molecule has 0 spiro atoms.